The van der Waals surface area contributed by atoms with Crippen LogP contribution in [0.15, 0.2) is 114 Å². The Labute approximate surface area is 215 Å². The second-order valence-corrected chi connectivity index (χ2v) is 10.4. The number of halogens is 1. The molecule has 0 aliphatic heterocycles. The van der Waals surface area contributed by atoms with Gasteiger partial charge in [0.15, 0.2) is 11.6 Å². The first kappa shape index (κ1) is 23.8. The fraction of sp³-hybridized carbons (Fsp3) is 0.0714. The van der Waals surface area contributed by atoms with E-state index in [1.54, 1.807) is 12.1 Å². The SMILES string of the molecule is O=S(=O)(Nc1nc2ccccc2nc1N(Cc1ccccc1)Cc1ccccc1)c1ccc(Cl)cc1. The number of nitrogens with one attached hydrogen (secondary N) is 1. The number of nitrogens with zero attached hydrogens (tertiary/aromatic N) is 3. The first-order valence-electron chi connectivity index (χ1n) is 11.4. The molecule has 0 unspecified atom stereocenters. The van der Waals surface area contributed by atoms with E-state index in [9.17, 15) is 8.42 Å². The van der Waals surface area contributed by atoms with Crippen LogP contribution in [0.4, 0.5) is 11.6 Å². The van der Waals surface area contributed by atoms with Crippen LogP contribution in [0.2, 0.25) is 5.02 Å². The van der Waals surface area contributed by atoms with E-state index in [1.807, 2.05) is 89.8 Å². The van der Waals surface area contributed by atoms with Gasteiger partial charge in [0.1, 0.15) is 0 Å². The molecule has 1 heterocycles. The van der Waals surface area contributed by atoms with Crippen LogP contribution in [0.3, 0.4) is 0 Å². The van der Waals surface area contributed by atoms with Crippen molar-refractivity contribution in [1.82, 2.24) is 9.97 Å². The van der Waals surface area contributed by atoms with Gasteiger partial charge in [-0.15, -0.1) is 0 Å². The molecule has 1 aromatic heterocycles. The second-order valence-electron chi connectivity index (χ2n) is 8.27. The van der Waals surface area contributed by atoms with Crippen molar-refractivity contribution in [3.63, 3.8) is 0 Å². The van der Waals surface area contributed by atoms with Crippen LogP contribution < -0.4 is 9.62 Å². The van der Waals surface area contributed by atoms with Gasteiger partial charge in [0.25, 0.3) is 10.0 Å². The van der Waals surface area contributed by atoms with Crippen LogP contribution in [-0.4, -0.2) is 18.4 Å². The van der Waals surface area contributed by atoms with E-state index in [2.05, 4.69) is 9.71 Å². The minimum Gasteiger partial charge on any atom is -0.345 e. The predicted octanol–water partition coefficient (Wildman–Crippen LogP) is 6.29. The highest BCUT2D eigenvalue weighted by Crippen LogP contribution is 2.30. The summed E-state index contributed by atoms with van der Waals surface area (Å²) >= 11 is 5.96. The Morgan fingerprint density at radius 3 is 1.72 bits per heavy atom. The maximum atomic E-state index is 13.3. The Hall–Kier alpha value is -3.94. The minimum absolute atomic E-state index is 0.0884. The van der Waals surface area contributed by atoms with Gasteiger partial charge >= 0.3 is 0 Å². The molecule has 0 bridgehead atoms. The molecule has 5 rings (SSSR count). The van der Waals surface area contributed by atoms with Crippen molar-refractivity contribution in [2.45, 2.75) is 18.0 Å². The third kappa shape index (κ3) is 5.48. The smallest absolute Gasteiger partial charge is 0.263 e. The molecule has 0 aliphatic rings. The lowest BCUT2D eigenvalue weighted by molar-refractivity contribution is 0.601. The van der Waals surface area contributed by atoms with Crippen LogP contribution in [0, 0.1) is 0 Å². The molecule has 0 aliphatic carbocycles. The lowest BCUT2D eigenvalue weighted by Gasteiger charge is -2.26. The standard InChI is InChI=1S/C28H23ClN4O2S/c29-23-15-17-24(18-16-23)36(34,35)32-27-28(31-26-14-8-7-13-25(26)30-27)33(19-21-9-3-1-4-10-21)20-22-11-5-2-6-12-22/h1-18H,19-20H2,(H,30,32). The summed E-state index contributed by atoms with van der Waals surface area (Å²) < 4.78 is 29.3. The Morgan fingerprint density at radius 2 is 1.17 bits per heavy atom. The van der Waals surface area contributed by atoms with Gasteiger partial charge in [-0.3, -0.25) is 4.72 Å². The summed E-state index contributed by atoms with van der Waals surface area (Å²) in [5.41, 5.74) is 3.40. The summed E-state index contributed by atoms with van der Waals surface area (Å²) in [6, 6.07) is 33.4. The van der Waals surface area contributed by atoms with Gasteiger partial charge < -0.3 is 4.90 Å². The van der Waals surface area contributed by atoms with Crippen molar-refractivity contribution >= 4 is 44.3 Å². The zero-order valence-electron chi connectivity index (χ0n) is 19.3. The molecule has 0 atom stereocenters. The molecule has 0 fully saturated rings. The van der Waals surface area contributed by atoms with Crippen molar-refractivity contribution in [2.75, 3.05) is 9.62 Å². The van der Waals surface area contributed by atoms with Crippen molar-refractivity contribution in [1.29, 1.82) is 0 Å². The number of hydrogen-bond donors (Lipinski definition) is 1. The molecule has 0 radical (unpaired) electrons. The van der Waals surface area contributed by atoms with Crippen LogP contribution in [0.5, 0.6) is 0 Å². The number of hydrogen-bond acceptors (Lipinski definition) is 5. The maximum absolute atomic E-state index is 13.3. The molecular formula is C28H23ClN4O2S. The van der Waals surface area contributed by atoms with Crippen molar-refractivity contribution in [3.05, 3.63) is 125 Å². The largest absolute Gasteiger partial charge is 0.345 e. The molecular weight excluding hydrogens is 492 g/mol. The van der Waals surface area contributed by atoms with Crippen LogP contribution in [0.1, 0.15) is 11.1 Å². The summed E-state index contributed by atoms with van der Waals surface area (Å²) in [4.78, 5) is 11.7. The maximum Gasteiger partial charge on any atom is 0.263 e. The number of anilines is 2. The summed E-state index contributed by atoms with van der Waals surface area (Å²) in [7, 11) is -3.94. The van der Waals surface area contributed by atoms with Gasteiger partial charge in [0, 0.05) is 18.1 Å². The number of rotatable bonds is 8. The predicted molar refractivity (Wildman–Crippen MR) is 145 cm³/mol. The monoisotopic (exact) mass is 514 g/mol. The highest BCUT2D eigenvalue weighted by Gasteiger charge is 2.22. The van der Waals surface area contributed by atoms with E-state index in [1.165, 1.54) is 12.1 Å². The van der Waals surface area contributed by atoms with E-state index in [4.69, 9.17) is 16.6 Å². The summed E-state index contributed by atoms with van der Waals surface area (Å²) in [5.74, 6) is 0.606. The molecule has 0 spiro atoms. The lowest BCUT2D eigenvalue weighted by Crippen LogP contribution is -2.26. The minimum atomic E-state index is -3.94. The summed E-state index contributed by atoms with van der Waals surface area (Å²) in [5, 5.41) is 0.456. The Kier molecular flexibility index (Phi) is 6.84. The van der Waals surface area contributed by atoms with Crippen molar-refractivity contribution < 1.29 is 8.42 Å². The van der Waals surface area contributed by atoms with Crippen LogP contribution in [0.25, 0.3) is 11.0 Å². The van der Waals surface area contributed by atoms with Gasteiger partial charge in [-0.1, -0.05) is 84.4 Å². The Bertz CT molecular complexity index is 1540. The lowest BCUT2D eigenvalue weighted by atomic mass is 10.1. The zero-order valence-corrected chi connectivity index (χ0v) is 20.8. The van der Waals surface area contributed by atoms with Gasteiger partial charge in [-0.05, 0) is 47.5 Å². The second kappa shape index (κ2) is 10.4. The van der Waals surface area contributed by atoms with E-state index in [-0.39, 0.29) is 10.7 Å². The van der Waals surface area contributed by atoms with E-state index in [0.29, 0.717) is 35.0 Å². The van der Waals surface area contributed by atoms with Crippen molar-refractivity contribution in [3.8, 4) is 0 Å². The van der Waals surface area contributed by atoms with Crippen LogP contribution in [-0.2, 0) is 23.1 Å². The molecule has 180 valence electrons. The average molecular weight is 515 g/mol. The molecule has 8 heteroatoms. The number of para-hydroxylation sites is 2. The fourth-order valence-corrected chi connectivity index (χ4v) is 5.02. The molecule has 0 saturated heterocycles. The third-order valence-electron chi connectivity index (χ3n) is 5.64. The fourth-order valence-electron chi connectivity index (χ4n) is 3.89. The zero-order chi connectivity index (χ0) is 25.0. The molecule has 0 saturated carbocycles. The number of benzene rings is 4. The number of fused-ring (bicyclic) bond motifs is 1. The molecule has 6 nitrogen and oxygen atoms in total. The van der Waals surface area contributed by atoms with Gasteiger partial charge in [0.05, 0.1) is 15.9 Å². The summed E-state index contributed by atoms with van der Waals surface area (Å²) in [6.07, 6.45) is 0. The third-order valence-corrected chi connectivity index (χ3v) is 7.25. The number of aromatic nitrogens is 2. The first-order chi connectivity index (χ1) is 17.5. The van der Waals surface area contributed by atoms with Gasteiger partial charge in [0.2, 0.25) is 0 Å². The molecule has 4 aromatic carbocycles. The highest BCUT2D eigenvalue weighted by molar-refractivity contribution is 7.92. The Morgan fingerprint density at radius 1 is 0.667 bits per heavy atom. The van der Waals surface area contributed by atoms with Crippen molar-refractivity contribution in [2.24, 2.45) is 0 Å². The normalized spacial score (nSPS) is 11.4. The molecule has 0 amide bonds. The average Bonchev–Trinajstić information content (AvgIpc) is 2.89. The number of sulfonamides is 1. The summed E-state index contributed by atoms with van der Waals surface area (Å²) in [6.45, 7) is 1.02. The molecule has 1 N–H and O–H groups in total. The highest BCUT2D eigenvalue weighted by atomic mass is 35.5. The molecule has 36 heavy (non-hydrogen) atoms. The van der Waals surface area contributed by atoms with E-state index in [0.717, 1.165) is 11.1 Å². The van der Waals surface area contributed by atoms with E-state index < -0.39 is 10.0 Å². The van der Waals surface area contributed by atoms with Gasteiger partial charge in [-0.2, -0.15) is 0 Å². The van der Waals surface area contributed by atoms with Gasteiger partial charge in [-0.25, -0.2) is 18.4 Å². The first-order valence-corrected chi connectivity index (χ1v) is 13.2. The Balaban J connectivity index is 1.62. The quantitative estimate of drug-likeness (QED) is 0.263. The van der Waals surface area contributed by atoms with Crippen LogP contribution >= 0.6 is 11.6 Å². The topological polar surface area (TPSA) is 75.2 Å². The van der Waals surface area contributed by atoms with E-state index >= 15 is 0 Å². The molecule has 5 aromatic rings.